The lowest BCUT2D eigenvalue weighted by Gasteiger charge is -2.15. The van der Waals surface area contributed by atoms with Gasteiger partial charge in [-0.25, -0.2) is 4.39 Å². The van der Waals surface area contributed by atoms with Crippen molar-refractivity contribution >= 4 is 27.7 Å². The van der Waals surface area contributed by atoms with Crippen LogP contribution in [0.3, 0.4) is 0 Å². The van der Waals surface area contributed by atoms with Gasteiger partial charge in [0.1, 0.15) is 12.3 Å². The fraction of sp³-hybridized carbons (Fsp3) is 0.0741. The van der Waals surface area contributed by atoms with E-state index in [9.17, 15) is 14.0 Å². The lowest BCUT2D eigenvalue weighted by Crippen LogP contribution is -2.28. The van der Waals surface area contributed by atoms with Crippen molar-refractivity contribution in [3.8, 4) is 11.5 Å². The number of carbonyl (C=O) groups is 1. The Morgan fingerprint density at radius 2 is 1.65 bits per heavy atom. The van der Waals surface area contributed by atoms with Crippen LogP contribution >= 0.6 is 0 Å². The summed E-state index contributed by atoms with van der Waals surface area (Å²) in [5.74, 6) is -0.277. The second-order valence-corrected chi connectivity index (χ2v) is 7.78. The predicted octanol–water partition coefficient (Wildman–Crippen LogP) is 4.80. The zero-order chi connectivity index (χ0) is 23.5. The van der Waals surface area contributed by atoms with Crippen LogP contribution in [0.25, 0.3) is 21.8 Å². The number of carbonyl (C=O) groups excluding carboxylic acids is 1. The molecule has 0 atom stereocenters. The molecule has 0 radical (unpaired) electrons. The van der Waals surface area contributed by atoms with Crippen LogP contribution in [0.2, 0.25) is 0 Å². The van der Waals surface area contributed by atoms with Gasteiger partial charge in [0.25, 0.3) is 0 Å². The fourth-order valence-corrected chi connectivity index (χ4v) is 3.92. The van der Waals surface area contributed by atoms with Gasteiger partial charge < -0.3 is 14.6 Å². The summed E-state index contributed by atoms with van der Waals surface area (Å²) in [7, 11) is 0. The van der Waals surface area contributed by atoms with Crippen molar-refractivity contribution in [2.45, 2.75) is 13.1 Å². The smallest absolute Gasteiger partial charge is 0.240 e. The minimum Gasteiger partial charge on any atom is -0.453 e. The van der Waals surface area contributed by atoms with Crippen molar-refractivity contribution < 1.29 is 13.9 Å². The van der Waals surface area contributed by atoms with Gasteiger partial charge in [-0.3, -0.25) is 14.6 Å². The molecule has 1 amide bonds. The van der Waals surface area contributed by atoms with Crippen LogP contribution in [-0.4, -0.2) is 15.5 Å². The third kappa shape index (κ3) is 4.23. The summed E-state index contributed by atoms with van der Waals surface area (Å²) in [4.78, 5) is 29.6. The van der Waals surface area contributed by atoms with Crippen molar-refractivity contribution in [2.75, 3.05) is 0 Å². The molecule has 2 heterocycles. The number of amides is 1. The van der Waals surface area contributed by atoms with E-state index in [0.29, 0.717) is 33.1 Å². The van der Waals surface area contributed by atoms with Gasteiger partial charge >= 0.3 is 0 Å². The van der Waals surface area contributed by atoms with E-state index in [1.165, 1.54) is 18.3 Å². The molecule has 5 aromatic rings. The van der Waals surface area contributed by atoms with Crippen LogP contribution in [-0.2, 0) is 17.9 Å². The van der Waals surface area contributed by atoms with Crippen molar-refractivity contribution in [1.82, 2.24) is 14.9 Å². The van der Waals surface area contributed by atoms with Crippen molar-refractivity contribution in [1.29, 1.82) is 0 Å². The molecular formula is C27H20FN3O3. The first-order valence-corrected chi connectivity index (χ1v) is 10.7. The number of hydrogen-bond donors (Lipinski definition) is 1. The number of nitrogens with one attached hydrogen (secondary N) is 1. The van der Waals surface area contributed by atoms with Gasteiger partial charge in [0.2, 0.25) is 5.91 Å². The lowest BCUT2D eigenvalue weighted by molar-refractivity contribution is -0.121. The van der Waals surface area contributed by atoms with Crippen LogP contribution in [0.1, 0.15) is 5.56 Å². The summed E-state index contributed by atoms with van der Waals surface area (Å²) in [6.45, 7) is 0.172. The van der Waals surface area contributed by atoms with E-state index in [-0.39, 0.29) is 30.2 Å². The Kier molecular flexibility index (Phi) is 5.74. The SMILES string of the molecule is O=C(Cn1c2ccccc2c(=O)c2ccccc21)NCc1ccc(Oc2cccnc2)c(F)c1. The summed E-state index contributed by atoms with van der Waals surface area (Å²) < 4.78 is 21.8. The fourth-order valence-electron chi connectivity index (χ4n) is 3.92. The molecule has 7 heteroatoms. The monoisotopic (exact) mass is 453 g/mol. The number of hydrogen-bond acceptors (Lipinski definition) is 4. The topological polar surface area (TPSA) is 73.2 Å². The third-order valence-corrected chi connectivity index (χ3v) is 5.53. The molecule has 0 bridgehead atoms. The van der Waals surface area contributed by atoms with Gasteiger partial charge in [0.05, 0.1) is 17.2 Å². The van der Waals surface area contributed by atoms with Crippen molar-refractivity contribution in [3.05, 3.63) is 113 Å². The summed E-state index contributed by atoms with van der Waals surface area (Å²) in [6.07, 6.45) is 3.10. The number of rotatable bonds is 6. The van der Waals surface area contributed by atoms with Gasteiger partial charge in [-0.2, -0.15) is 0 Å². The molecule has 6 nitrogen and oxygen atoms in total. The molecule has 0 fully saturated rings. The van der Waals surface area contributed by atoms with Gasteiger partial charge in [-0.15, -0.1) is 0 Å². The number of ether oxygens (including phenoxy) is 1. The number of pyridine rings is 2. The Balaban J connectivity index is 1.34. The van der Waals surface area contributed by atoms with Gasteiger partial charge in [0, 0.05) is 23.5 Å². The molecule has 0 saturated heterocycles. The van der Waals surface area contributed by atoms with Gasteiger partial charge in [0.15, 0.2) is 17.0 Å². The molecular weight excluding hydrogens is 433 g/mol. The maximum Gasteiger partial charge on any atom is 0.240 e. The van der Waals surface area contributed by atoms with E-state index in [2.05, 4.69) is 10.3 Å². The molecule has 3 aromatic carbocycles. The maximum atomic E-state index is 14.5. The highest BCUT2D eigenvalue weighted by Gasteiger charge is 2.13. The standard InChI is InChI=1S/C27H20FN3O3/c28-22-14-18(11-12-25(22)34-19-6-5-13-29-16-19)15-30-26(32)17-31-23-9-3-1-7-20(23)27(33)21-8-2-4-10-24(21)31/h1-14,16H,15,17H2,(H,30,32). The second-order valence-electron chi connectivity index (χ2n) is 7.78. The maximum absolute atomic E-state index is 14.5. The normalized spacial score (nSPS) is 11.0. The Labute approximate surface area is 194 Å². The van der Waals surface area contributed by atoms with Crippen molar-refractivity contribution in [3.63, 3.8) is 0 Å². The quantitative estimate of drug-likeness (QED) is 0.375. The molecule has 0 aliphatic carbocycles. The van der Waals surface area contributed by atoms with E-state index in [1.54, 1.807) is 48.7 Å². The van der Waals surface area contributed by atoms with E-state index in [1.807, 2.05) is 28.8 Å². The Hall–Kier alpha value is -4.52. The highest BCUT2D eigenvalue weighted by atomic mass is 19.1. The van der Waals surface area contributed by atoms with E-state index in [4.69, 9.17) is 4.74 Å². The number of aromatic nitrogens is 2. The summed E-state index contributed by atoms with van der Waals surface area (Å²) in [5.41, 5.74) is 1.90. The highest BCUT2D eigenvalue weighted by molar-refractivity contribution is 5.94. The minimum atomic E-state index is -0.534. The first kappa shape index (κ1) is 21.3. The molecule has 0 spiro atoms. The molecule has 0 aliphatic heterocycles. The van der Waals surface area contributed by atoms with Crippen LogP contribution in [0, 0.1) is 5.82 Å². The van der Waals surface area contributed by atoms with Crippen LogP contribution in [0.4, 0.5) is 4.39 Å². The Bertz CT molecular complexity index is 1500. The lowest BCUT2D eigenvalue weighted by atomic mass is 10.1. The largest absolute Gasteiger partial charge is 0.453 e. The Morgan fingerprint density at radius 1 is 0.941 bits per heavy atom. The number of nitrogens with zero attached hydrogens (tertiary/aromatic N) is 2. The Morgan fingerprint density at radius 3 is 2.29 bits per heavy atom. The van der Waals surface area contributed by atoms with E-state index >= 15 is 0 Å². The van der Waals surface area contributed by atoms with Gasteiger partial charge in [-0.05, 0) is 54.1 Å². The zero-order valence-electron chi connectivity index (χ0n) is 18.1. The second kappa shape index (κ2) is 9.15. The molecule has 0 saturated carbocycles. The summed E-state index contributed by atoms with van der Waals surface area (Å²) in [6, 6.07) is 22.4. The molecule has 2 aromatic heterocycles. The van der Waals surface area contributed by atoms with Crippen LogP contribution in [0.5, 0.6) is 11.5 Å². The number of fused-ring (bicyclic) bond motifs is 2. The van der Waals surface area contributed by atoms with E-state index < -0.39 is 5.82 Å². The number of benzene rings is 3. The molecule has 5 rings (SSSR count). The van der Waals surface area contributed by atoms with Crippen molar-refractivity contribution in [2.24, 2.45) is 0 Å². The highest BCUT2D eigenvalue weighted by Crippen LogP contribution is 2.24. The average Bonchev–Trinajstić information content (AvgIpc) is 2.87. The molecule has 168 valence electrons. The van der Waals surface area contributed by atoms with E-state index in [0.717, 1.165) is 0 Å². The average molecular weight is 453 g/mol. The minimum absolute atomic E-state index is 0.0198. The first-order valence-electron chi connectivity index (χ1n) is 10.7. The number of para-hydroxylation sites is 2. The number of halogens is 1. The molecule has 34 heavy (non-hydrogen) atoms. The zero-order valence-corrected chi connectivity index (χ0v) is 18.1. The molecule has 0 aliphatic rings. The summed E-state index contributed by atoms with van der Waals surface area (Å²) in [5, 5.41) is 3.94. The van der Waals surface area contributed by atoms with Crippen LogP contribution in [0.15, 0.2) is 96.1 Å². The summed E-state index contributed by atoms with van der Waals surface area (Å²) >= 11 is 0. The molecule has 1 N–H and O–H groups in total. The predicted molar refractivity (Wildman–Crippen MR) is 128 cm³/mol. The van der Waals surface area contributed by atoms with Crippen LogP contribution < -0.4 is 15.5 Å². The first-order chi connectivity index (χ1) is 16.6. The molecule has 0 unspecified atom stereocenters. The van der Waals surface area contributed by atoms with Gasteiger partial charge in [-0.1, -0.05) is 30.3 Å². The third-order valence-electron chi connectivity index (χ3n) is 5.53.